The lowest BCUT2D eigenvalue weighted by atomic mass is 10.1. The van der Waals surface area contributed by atoms with Gasteiger partial charge in [0.15, 0.2) is 0 Å². The van der Waals surface area contributed by atoms with Gasteiger partial charge in [0, 0.05) is 29.6 Å². The Labute approximate surface area is 142 Å². The molecule has 0 bridgehead atoms. The van der Waals surface area contributed by atoms with Gasteiger partial charge in [0.25, 0.3) is 5.91 Å². The maximum atomic E-state index is 11.9. The molecule has 1 aromatic carbocycles. The highest BCUT2D eigenvalue weighted by atomic mass is 35.5. The third-order valence-corrected chi connectivity index (χ3v) is 4.31. The molecule has 1 aliphatic heterocycles. The molecule has 5 nitrogen and oxygen atoms in total. The van der Waals surface area contributed by atoms with Crippen LogP contribution in [0.4, 0.5) is 0 Å². The van der Waals surface area contributed by atoms with Gasteiger partial charge in [-0.2, -0.15) is 0 Å². The largest absolute Gasteiger partial charge is 0.353 e. The number of hydrogen-bond donors (Lipinski definition) is 2. The Morgan fingerprint density at radius 1 is 1.22 bits per heavy atom. The van der Waals surface area contributed by atoms with Crippen LogP contribution >= 0.6 is 11.6 Å². The summed E-state index contributed by atoms with van der Waals surface area (Å²) in [6.07, 6.45) is 3.09. The predicted octanol–water partition coefficient (Wildman–Crippen LogP) is 2.06. The fourth-order valence-electron chi connectivity index (χ4n) is 2.61. The summed E-state index contributed by atoms with van der Waals surface area (Å²) in [7, 11) is 2.10. The molecule has 1 saturated heterocycles. The third-order valence-electron chi connectivity index (χ3n) is 4.06. The van der Waals surface area contributed by atoms with Crippen LogP contribution in [0.3, 0.4) is 0 Å². The molecule has 0 unspecified atom stereocenters. The van der Waals surface area contributed by atoms with Crippen molar-refractivity contribution in [2.75, 3.05) is 26.7 Å². The number of carbonyl (C=O) groups excluding carboxylic acids is 2. The number of likely N-dealkylation sites (tertiary alicyclic amines) is 1. The summed E-state index contributed by atoms with van der Waals surface area (Å²) >= 11 is 5.79. The standard InChI is InChI=1S/C17H24ClN3O2/c1-21-11-8-15(9-12-21)20-16(22)3-2-10-19-17(23)13-4-6-14(18)7-5-13/h4-7,15H,2-3,8-12H2,1H3,(H,19,23)(H,20,22). The van der Waals surface area contributed by atoms with E-state index in [-0.39, 0.29) is 11.8 Å². The number of carbonyl (C=O) groups is 2. The molecule has 1 aromatic rings. The number of piperidine rings is 1. The van der Waals surface area contributed by atoms with Crippen LogP contribution in [0.1, 0.15) is 36.0 Å². The molecule has 2 amide bonds. The average Bonchev–Trinajstić information content (AvgIpc) is 2.54. The van der Waals surface area contributed by atoms with Crippen LogP contribution in [-0.4, -0.2) is 49.4 Å². The van der Waals surface area contributed by atoms with E-state index in [0.29, 0.717) is 36.0 Å². The van der Waals surface area contributed by atoms with Gasteiger partial charge in [-0.05, 0) is 63.7 Å². The summed E-state index contributed by atoms with van der Waals surface area (Å²) in [6.45, 7) is 2.55. The quantitative estimate of drug-likeness (QED) is 0.781. The molecule has 6 heteroatoms. The van der Waals surface area contributed by atoms with Gasteiger partial charge in [-0.3, -0.25) is 9.59 Å². The van der Waals surface area contributed by atoms with Crippen LogP contribution in [0.5, 0.6) is 0 Å². The molecule has 0 spiro atoms. The van der Waals surface area contributed by atoms with E-state index in [4.69, 9.17) is 11.6 Å². The monoisotopic (exact) mass is 337 g/mol. The predicted molar refractivity (Wildman–Crippen MR) is 91.7 cm³/mol. The number of hydrogen-bond acceptors (Lipinski definition) is 3. The fraction of sp³-hybridized carbons (Fsp3) is 0.529. The van der Waals surface area contributed by atoms with Crippen molar-refractivity contribution in [3.63, 3.8) is 0 Å². The van der Waals surface area contributed by atoms with Crippen LogP contribution in [0.2, 0.25) is 5.02 Å². The minimum atomic E-state index is -0.141. The fourth-order valence-corrected chi connectivity index (χ4v) is 2.73. The summed E-state index contributed by atoms with van der Waals surface area (Å²) in [5.41, 5.74) is 0.574. The summed E-state index contributed by atoms with van der Waals surface area (Å²) < 4.78 is 0. The molecular formula is C17H24ClN3O2. The summed E-state index contributed by atoms with van der Waals surface area (Å²) in [5.74, 6) is -0.0716. The van der Waals surface area contributed by atoms with Gasteiger partial charge < -0.3 is 15.5 Å². The van der Waals surface area contributed by atoms with E-state index in [1.165, 1.54) is 0 Å². The molecular weight excluding hydrogens is 314 g/mol. The van der Waals surface area contributed by atoms with Crippen molar-refractivity contribution in [1.29, 1.82) is 0 Å². The van der Waals surface area contributed by atoms with Gasteiger partial charge in [-0.25, -0.2) is 0 Å². The van der Waals surface area contributed by atoms with E-state index in [2.05, 4.69) is 22.6 Å². The van der Waals surface area contributed by atoms with Crippen LogP contribution in [0.15, 0.2) is 24.3 Å². The zero-order valence-electron chi connectivity index (χ0n) is 13.5. The van der Waals surface area contributed by atoms with Crippen molar-refractivity contribution < 1.29 is 9.59 Å². The maximum Gasteiger partial charge on any atom is 0.251 e. The van der Waals surface area contributed by atoms with Crippen molar-refractivity contribution in [2.45, 2.75) is 31.7 Å². The first kappa shape index (κ1) is 17.8. The lowest BCUT2D eigenvalue weighted by molar-refractivity contribution is -0.122. The van der Waals surface area contributed by atoms with E-state index in [9.17, 15) is 9.59 Å². The Balaban J connectivity index is 1.60. The maximum absolute atomic E-state index is 11.9. The molecule has 1 fully saturated rings. The third kappa shape index (κ3) is 6.20. The number of amides is 2. The minimum Gasteiger partial charge on any atom is -0.353 e. The van der Waals surface area contributed by atoms with E-state index in [1.54, 1.807) is 24.3 Å². The second-order valence-corrected chi connectivity index (χ2v) is 6.45. The van der Waals surface area contributed by atoms with Crippen LogP contribution in [0.25, 0.3) is 0 Å². The molecule has 0 saturated carbocycles. The summed E-state index contributed by atoms with van der Waals surface area (Å²) in [4.78, 5) is 26.1. The Morgan fingerprint density at radius 2 is 1.87 bits per heavy atom. The van der Waals surface area contributed by atoms with Crippen LogP contribution < -0.4 is 10.6 Å². The van der Waals surface area contributed by atoms with E-state index in [1.807, 2.05) is 0 Å². The molecule has 1 heterocycles. The van der Waals surface area contributed by atoms with Gasteiger partial charge in [0.1, 0.15) is 0 Å². The lowest BCUT2D eigenvalue weighted by Crippen LogP contribution is -2.43. The molecule has 0 aromatic heterocycles. The van der Waals surface area contributed by atoms with Crippen molar-refractivity contribution in [3.05, 3.63) is 34.9 Å². The highest BCUT2D eigenvalue weighted by Crippen LogP contribution is 2.10. The van der Waals surface area contributed by atoms with E-state index >= 15 is 0 Å². The molecule has 2 rings (SSSR count). The van der Waals surface area contributed by atoms with Crippen molar-refractivity contribution in [1.82, 2.24) is 15.5 Å². The minimum absolute atomic E-state index is 0.0697. The first-order chi connectivity index (χ1) is 11.0. The molecule has 126 valence electrons. The number of halogens is 1. The van der Waals surface area contributed by atoms with Gasteiger partial charge in [0.05, 0.1) is 0 Å². The van der Waals surface area contributed by atoms with Crippen LogP contribution in [-0.2, 0) is 4.79 Å². The molecule has 0 atom stereocenters. The van der Waals surface area contributed by atoms with Gasteiger partial charge in [0.2, 0.25) is 5.91 Å². The molecule has 23 heavy (non-hydrogen) atoms. The topological polar surface area (TPSA) is 61.4 Å². The number of rotatable bonds is 6. The summed E-state index contributed by atoms with van der Waals surface area (Å²) in [5, 5.41) is 6.49. The highest BCUT2D eigenvalue weighted by molar-refractivity contribution is 6.30. The molecule has 0 aliphatic carbocycles. The Kier molecular flexibility index (Phi) is 6.86. The lowest BCUT2D eigenvalue weighted by Gasteiger charge is -2.29. The van der Waals surface area contributed by atoms with Gasteiger partial charge in [-0.1, -0.05) is 11.6 Å². The van der Waals surface area contributed by atoms with Crippen molar-refractivity contribution >= 4 is 23.4 Å². The average molecular weight is 338 g/mol. The SMILES string of the molecule is CN1CCC(NC(=O)CCCNC(=O)c2ccc(Cl)cc2)CC1. The normalized spacial score (nSPS) is 16.1. The van der Waals surface area contributed by atoms with Crippen molar-refractivity contribution in [2.24, 2.45) is 0 Å². The molecule has 0 radical (unpaired) electrons. The first-order valence-electron chi connectivity index (χ1n) is 8.06. The second-order valence-electron chi connectivity index (χ2n) is 6.01. The zero-order chi connectivity index (χ0) is 16.7. The zero-order valence-corrected chi connectivity index (χ0v) is 14.2. The second kappa shape index (κ2) is 8.89. The van der Waals surface area contributed by atoms with Crippen molar-refractivity contribution in [3.8, 4) is 0 Å². The smallest absolute Gasteiger partial charge is 0.251 e. The Morgan fingerprint density at radius 3 is 2.52 bits per heavy atom. The van der Waals surface area contributed by atoms with E-state index in [0.717, 1.165) is 25.9 Å². The van der Waals surface area contributed by atoms with E-state index < -0.39 is 0 Å². The first-order valence-corrected chi connectivity index (χ1v) is 8.44. The number of nitrogens with one attached hydrogen (secondary N) is 2. The molecule has 1 aliphatic rings. The Bertz CT molecular complexity index is 525. The highest BCUT2D eigenvalue weighted by Gasteiger charge is 2.18. The number of benzene rings is 1. The summed E-state index contributed by atoms with van der Waals surface area (Å²) in [6, 6.07) is 7.04. The van der Waals surface area contributed by atoms with Crippen LogP contribution in [0, 0.1) is 0 Å². The number of nitrogens with zero attached hydrogens (tertiary/aromatic N) is 1. The Hall–Kier alpha value is -1.59. The molecule has 2 N–H and O–H groups in total. The van der Waals surface area contributed by atoms with Gasteiger partial charge in [-0.15, -0.1) is 0 Å². The van der Waals surface area contributed by atoms with Gasteiger partial charge >= 0.3 is 0 Å².